The molecule has 1 aromatic heterocycles. The van der Waals surface area contributed by atoms with E-state index in [2.05, 4.69) is 56.5 Å². The molecule has 1 saturated heterocycles. The predicted octanol–water partition coefficient (Wildman–Crippen LogP) is 4.93. The minimum atomic E-state index is 0.00868. The SMILES string of the molecule is CCN1C(=O)/C(=C/c2cc(C)n(-c3c(C)cccc3C)c2C)SC1=S. The van der Waals surface area contributed by atoms with Crippen molar-refractivity contribution in [2.75, 3.05) is 6.54 Å². The number of nitrogens with zero attached hydrogens (tertiary/aromatic N) is 2. The molecule has 130 valence electrons. The number of carbonyl (C=O) groups is 1. The highest BCUT2D eigenvalue weighted by Gasteiger charge is 2.31. The lowest BCUT2D eigenvalue weighted by Crippen LogP contribution is -2.27. The molecule has 3 rings (SSSR count). The van der Waals surface area contributed by atoms with Gasteiger partial charge >= 0.3 is 0 Å². The third-order valence-electron chi connectivity index (χ3n) is 4.61. The van der Waals surface area contributed by atoms with Crippen LogP contribution in [0.2, 0.25) is 0 Å². The zero-order valence-corrected chi connectivity index (χ0v) is 16.8. The number of benzene rings is 1. The fourth-order valence-electron chi connectivity index (χ4n) is 3.35. The van der Waals surface area contributed by atoms with E-state index in [4.69, 9.17) is 12.2 Å². The number of thioether (sulfide) groups is 1. The molecule has 0 bridgehead atoms. The maximum absolute atomic E-state index is 12.5. The summed E-state index contributed by atoms with van der Waals surface area (Å²) in [6.45, 7) is 11.0. The van der Waals surface area contributed by atoms with Gasteiger partial charge in [0.1, 0.15) is 4.32 Å². The standard InChI is InChI=1S/C20H22N2OS2/c1-6-21-19(23)17(25-20(21)24)11-16-10-14(4)22(15(16)5)18-12(2)8-7-9-13(18)3/h7-11H,6H2,1-5H3/b17-11-. The van der Waals surface area contributed by atoms with Crippen LogP contribution in [0, 0.1) is 27.7 Å². The van der Waals surface area contributed by atoms with Crippen molar-refractivity contribution < 1.29 is 4.79 Å². The molecule has 1 aliphatic rings. The van der Waals surface area contributed by atoms with Gasteiger partial charge in [0.15, 0.2) is 0 Å². The Labute approximate surface area is 158 Å². The highest BCUT2D eigenvalue weighted by atomic mass is 32.2. The van der Waals surface area contributed by atoms with Crippen LogP contribution in [0.3, 0.4) is 0 Å². The molecule has 1 amide bonds. The Morgan fingerprint density at radius 2 is 1.80 bits per heavy atom. The van der Waals surface area contributed by atoms with E-state index in [0.29, 0.717) is 15.8 Å². The Hall–Kier alpha value is -1.85. The number of rotatable bonds is 3. The number of aryl methyl sites for hydroxylation is 3. The van der Waals surface area contributed by atoms with E-state index in [1.807, 2.05) is 13.0 Å². The van der Waals surface area contributed by atoms with E-state index < -0.39 is 0 Å². The summed E-state index contributed by atoms with van der Waals surface area (Å²) in [5, 5.41) is 0. The lowest BCUT2D eigenvalue weighted by Gasteiger charge is -2.15. The highest BCUT2D eigenvalue weighted by Crippen LogP contribution is 2.34. The van der Waals surface area contributed by atoms with E-state index in [1.165, 1.54) is 28.6 Å². The molecule has 0 N–H and O–H groups in total. The summed E-state index contributed by atoms with van der Waals surface area (Å²) in [5.41, 5.74) is 7.06. The van der Waals surface area contributed by atoms with Crippen molar-refractivity contribution in [3.63, 3.8) is 0 Å². The Morgan fingerprint density at radius 1 is 1.16 bits per heavy atom. The third-order valence-corrected chi connectivity index (χ3v) is 5.99. The predicted molar refractivity (Wildman–Crippen MR) is 110 cm³/mol. The maximum atomic E-state index is 12.5. The van der Waals surface area contributed by atoms with Gasteiger partial charge in [-0.15, -0.1) is 0 Å². The molecule has 0 unspecified atom stereocenters. The van der Waals surface area contributed by atoms with Crippen molar-refractivity contribution in [1.82, 2.24) is 9.47 Å². The topological polar surface area (TPSA) is 25.2 Å². The fraction of sp³-hybridized carbons (Fsp3) is 0.300. The number of aromatic nitrogens is 1. The van der Waals surface area contributed by atoms with Gasteiger partial charge in [0.25, 0.3) is 5.91 Å². The number of carbonyl (C=O) groups excluding carboxylic acids is 1. The molecule has 2 aromatic rings. The monoisotopic (exact) mass is 370 g/mol. The normalized spacial score (nSPS) is 16.4. The molecule has 3 nitrogen and oxygen atoms in total. The zero-order valence-electron chi connectivity index (χ0n) is 15.2. The highest BCUT2D eigenvalue weighted by molar-refractivity contribution is 8.26. The smallest absolute Gasteiger partial charge is 0.266 e. The maximum Gasteiger partial charge on any atom is 0.266 e. The molecule has 1 aromatic carbocycles. The number of hydrogen-bond acceptors (Lipinski definition) is 3. The van der Waals surface area contributed by atoms with Crippen LogP contribution >= 0.6 is 24.0 Å². The van der Waals surface area contributed by atoms with Crippen LogP contribution in [-0.2, 0) is 4.79 Å². The summed E-state index contributed by atoms with van der Waals surface area (Å²) in [6, 6.07) is 8.49. The summed E-state index contributed by atoms with van der Waals surface area (Å²) in [5.74, 6) is 0.00868. The molecule has 0 spiro atoms. The van der Waals surface area contributed by atoms with Gasteiger partial charge in [0, 0.05) is 17.9 Å². The van der Waals surface area contributed by atoms with Crippen LogP contribution < -0.4 is 0 Å². The summed E-state index contributed by atoms with van der Waals surface area (Å²) in [6.07, 6.45) is 1.97. The van der Waals surface area contributed by atoms with Gasteiger partial charge in [0.05, 0.1) is 10.6 Å². The molecule has 0 atom stereocenters. The van der Waals surface area contributed by atoms with Crippen LogP contribution in [0.15, 0.2) is 29.2 Å². The van der Waals surface area contributed by atoms with Gasteiger partial charge in [-0.2, -0.15) is 0 Å². The Morgan fingerprint density at radius 3 is 2.36 bits per heavy atom. The second-order valence-corrected chi connectivity index (χ2v) is 8.00. The number of likely N-dealkylation sites (N-methyl/N-ethyl adjacent to an activating group) is 1. The first-order valence-electron chi connectivity index (χ1n) is 8.36. The summed E-state index contributed by atoms with van der Waals surface area (Å²) < 4.78 is 2.92. The first-order valence-corrected chi connectivity index (χ1v) is 9.58. The lowest BCUT2D eigenvalue weighted by molar-refractivity contribution is -0.121. The zero-order chi connectivity index (χ0) is 18.3. The molecular weight excluding hydrogens is 348 g/mol. The van der Waals surface area contributed by atoms with Crippen molar-refractivity contribution in [2.45, 2.75) is 34.6 Å². The second kappa shape index (κ2) is 6.81. The van der Waals surface area contributed by atoms with E-state index in [0.717, 1.165) is 17.0 Å². The molecule has 2 heterocycles. The summed E-state index contributed by atoms with van der Waals surface area (Å²) >= 11 is 6.69. The van der Waals surface area contributed by atoms with Crippen molar-refractivity contribution >= 4 is 40.3 Å². The van der Waals surface area contributed by atoms with Crippen LogP contribution in [0.1, 0.15) is 35.0 Å². The average Bonchev–Trinajstić information content (AvgIpc) is 2.97. The van der Waals surface area contributed by atoms with Crippen molar-refractivity contribution in [1.29, 1.82) is 0 Å². The number of amides is 1. The number of hydrogen-bond donors (Lipinski definition) is 0. The van der Waals surface area contributed by atoms with E-state index in [-0.39, 0.29) is 5.91 Å². The second-order valence-electron chi connectivity index (χ2n) is 6.33. The number of para-hydroxylation sites is 1. The minimum Gasteiger partial charge on any atom is -0.317 e. The van der Waals surface area contributed by atoms with Crippen LogP contribution in [0.25, 0.3) is 11.8 Å². The molecule has 5 heteroatoms. The van der Waals surface area contributed by atoms with Crippen molar-refractivity contribution in [3.8, 4) is 5.69 Å². The van der Waals surface area contributed by atoms with E-state index in [1.54, 1.807) is 4.90 Å². The van der Waals surface area contributed by atoms with Gasteiger partial charge < -0.3 is 4.57 Å². The Balaban J connectivity index is 2.09. The van der Waals surface area contributed by atoms with Gasteiger partial charge in [0.2, 0.25) is 0 Å². The van der Waals surface area contributed by atoms with Crippen molar-refractivity contribution in [3.05, 3.63) is 57.2 Å². The van der Waals surface area contributed by atoms with Crippen molar-refractivity contribution in [2.24, 2.45) is 0 Å². The summed E-state index contributed by atoms with van der Waals surface area (Å²) in [4.78, 5) is 14.8. The first-order chi connectivity index (χ1) is 11.8. The Bertz CT molecular complexity index is 888. The summed E-state index contributed by atoms with van der Waals surface area (Å²) in [7, 11) is 0. The molecule has 0 aliphatic carbocycles. The molecular formula is C20H22N2OS2. The number of thiocarbonyl (C=S) groups is 1. The molecule has 1 fully saturated rings. The Kier molecular flexibility index (Phi) is 4.89. The molecule has 25 heavy (non-hydrogen) atoms. The van der Waals surface area contributed by atoms with Crippen LogP contribution in [-0.4, -0.2) is 26.2 Å². The average molecular weight is 371 g/mol. The molecule has 1 aliphatic heterocycles. The van der Waals surface area contributed by atoms with Gasteiger partial charge in [-0.1, -0.05) is 42.2 Å². The van der Waals surface area contributed by atoms with Gasteiger partial charge in [-0.3, -0.25) is 9.69 Å². The van der Waals surface area contributed by atoms with Gasteiger partial charge in [-0.25, -0.2) is 0 Å². The van der Waals surface area contributed by atoms with Crippen LogP contribution in [0.5, 0.6) is 0 Å². The van der Waals surface area contributed by atoms with E-state index in [9.17, 15) is 4.79 Å². The molecule has 0 saturated carbocycles. The molecule has 0 radical (unpaired) electrons. The quantitative estimate of drug-likeness (QED) is 0.566. The van der Waals surface area contributed by atoms with Gasteiger partial charge in [-0.05, 0) is 63.5 Å². The lowest BCUT2D eigenvalue weighted by atomic mass is 10.1. The minimum absolute atomic E-state index is 0.00868. The van der Waals surface area contributed by atoms with E-state index >= 15 is 0 Å². The van der Waals surface area contributed by atoms with Crippen LogP contribution in [0.4, 0.5) is 0 Å². The fourth-order valence-corrected chi connectivity index (χ4v) is 4.73. The largest absolute Gasteiger partial charge is 0.317 e. The third kappa shape index (κ3) is 3.07. The first kappa shape index (κ1) is 18.0.